The maximum Gasteiger partial charge on any atom is 0.0716 e. The van der Waals surface area contributed by atoms with Crippen molar-refractivity contribution in [1.82, 2.24) is 0 Å². The third kappa shape index (κ3) is 4.40. The van der Waals surface area contributed by atoms with Crippen LogP contribution in [0, 0.1) is 5.92 Å². The van der Waals surface area contributed by atoms with Crippen molar-refractivity contribution in [3.63, 3.8) is 0 Å². The van der Waals surface area contributed by atoms with Crippen molar-refractivity contribution in [2.45, 2.75) is 20.0 Å². The van der Waals surface area contributed by atoms with Gasteiger partial charge in [-0.15, -0.1) is 0 Å². The molecule has 0 heterocycles. The van der Waals surface area contributed by atoms with Crippen LogP contribution in [0.4, 0.5) is 0 Å². The van der Waals surface area contributed by atoms with E-state index in [-0.39, 0.29) is 6.61 Å². The molecule has 0 aliphatic heterocycles. The van der Waals surface area contributed by atoms with Gasteiger partial charge in [0.05, 0.1) is 6.61 Å². The van der Waals surface area contributed by atoms with Crippen LogP contribution >= 0.6 is 0 Å². The first-order valence-corrected chi connectivity index (χ1v) is 5.05. The molecule has 0 bridgehead atoms. The van der Waals surface area contributed by atoms with Crippen LogP contribution in [0.3, 0.4) is 0 Å². The summed E-state index contributed by atoms with van der Waals surface area (Å²) in [5.74, 6) is 0.339. The van der Waals surface area contributed by atoms with Crippen LogP contribution in [0.2, 0.25) is 0 Å². The number of rotatable bonds is 6. The van der Waals surface area contributed by atoms with Gasteiger partial charge in [-0.05, 0) is 17.9 Å². The highest BCUT2D eigenvalue weighted by molar-refractivity contribution is 5.13. The highest BCUT2D eigenvalue weighted by Crippen LogP contribution is 2.04. The largest absolute Gasteiger partial charge is 0.396 e. The van der Waals surface area contributed by atoms with E-state index in [0.717, 1.165) is 13.0 Å². The van der Waals surface area contributed by atoms with Crippen molar-refractivity contribution in [1.29, 1.82) is 0 Å². The van der Waals surface area contributed by atoms with E-state index in [9.17, 15) is 0 Å². The SMILES string of the molecule is C[C@@H](CO)CCOCc1ccccc1. The second kappa shape index (κ2) is 6.57. The molecule has 0 spiro atoms. The molecule has 0 aromatic heterocycles. The lowest BCUT2D eigenvalue weighted by Gasteiger charge is -2.08. The van der Waals surface area contributed by atoms with Gasteiger partial charge in [0.1, 0.15) is 0 Å². The summed E-state index contributed by atoms with van der Waals surface area (Å²) < 4.78 is 5.48. The monoisotopic (exact) mass is 194 g/mol. The fourth-order valence-electron chi connectivity index (χ4n) is 1.14. The number of ether oxygens (including phenoxy) is 1. The van der Waals surface area contributed by atoms with Crippen molar-refractivity contribution < 1.29 is 9.84 Å². The topological polar surface area (TPSA) is 29.5 Å². The molecule has 14 heavy (non-hydrogen) atoms. The second-order valence-electron chi connectivity index (χ2n) is 3.61. The van der Waals surface area contributed by atoms with Crippen LogP contribution in [0.15, 0.2) is 30.3 Å². The van der Waals surface area contributed by atoms with Crippen molar-refractivity contribution in [2.24, 2.45) is 5.92 Å². The highest BCUT2D eigenvalue weighted by Gasteiger charge is 1.99. The van der Waals surface area contributed by atoms with Gasteiger partial charge in [0, 0.05) is 13.2 Å². The van der Waals surface area contributed by atoms with Crippen LogP contribution in [0.5, 0.6) is 0 Å². The number of benzene rings is 1. The smallest absolute Gasteiger partial charge is 0.0716 e. The number of aliphatic hydroxyl groups excluding tert-OH is 1. The highest BCUT2D eigenvalue weighted by atomic mass is 16.5. The number of hydrogen-bond acceptors (Lipinski definition) is 2. The fraction of sp³-hybridized carbons (Fsp3) is 0.500. The predicted molar refractivity (Wildman–Crippen MR) is 57.0 cm³/mol. The summed E-state index contributed by atoms with van der Waals surface area (Å²) >= 11 is 0. The molecule has 1 aromatic carbocycles. The standard InChI is InChI=1S/C12H18O2/c1-11(9-13)7-8-14-10-12-5-3-2-4-6-12/h2-6,11,13H,7-10H2,1H3/t11-/m1/s1. The predicted octanol–water partition coefficient (Wildman–Crippen LogP) is 2.22. The summed E-state index contributed by atoms with van der Waals surface area (Å²) in [5.41, 5.74) is 1.20. The van der Waals surface area contributed by atoms with Gasteiger partial charge < -0.3 is 9.84 Å². The Morgan fingerprint density at radius 2 is 2.00 bits per heavy atom. The van der Waals surface area contributed by atoms with Gasteiger partial charge in [-0.3, -0.25) is 0 Å². The van der Waals surface area contributed by atoms with E-state index in [1.54, 1.807) is 0 Å². The number of aliphatic hydroxyl groups is 1. The zero-order valence-corrected chi connectivity index (χ0v) is 8.65. The summed E-state index contributed by atoms with van der Waals surface area (Å²) in [6, 6.07) is 10.1. The lowest BCUT2D eigenvalue weighted by atomic mass is 10.1. The Hall–Kier alpha value is -0.860. The zero-order chi connectivity index (χ0) is 10.2. The molecule has 0 aliphatic carbocycles. The van der Waals surface area contributed by atoms with Crippen LogP contribution < -0.4 is 0 Å². The van der Waals surface area contributed by atoms with Gasteiger partial charge in [0.15, 0.2) is 0 Å². The molecule has 1 atom stereocenters. The molecule has 0 saturated heterocycles. The molecule has 2 heteroatoms. The van der Waals surface area contributed by atoms with Crippen LogP contribution in [0.1, 0.15) is 18.9 Å². The van der Waals surface area contributed by atoms with Gasteiger partial charge in [0.2, 0.25) is 0 Å². The summed E-state index contributed by atoms with van der Waals surface area (Å²) in [7, 11) is 0. The minimum Gasteiger partial charge on any atom is -0.396 e. The van der Waals surface area contributed by atoms with Crippen LogP contribution in [0.25, 0.3) is 0 Å². The fourth-order valence-corrected chi connectivity index (χ4v) is 1.14. The Morgan fingerprint density at radius 3 is 2.64 bits per heavy atom. The summed E-state index contributed by atoms with van der Waals surface area (Å²) in [6.07, 6.45) is 0.920. The molecule has 0 unspecified atom stereocenters. The summed E-state index contributed by atoms with van der Waals surface area (Å²) in [6.45, 7) is 3.65. The molecule has 0 amide bonds. The minimum atomic E-state index is 0.245. The van der Waals surface area contributed by atoms with Crippen molar-refractivity contribution >= 4 is 0 Å². The van der Waals surface area contributed by atoms with Crippen molar-refractivity contribution in [3.8, 4) is 0 Å². The molecule has 0 aliphatic rings. The van der Waals surface area contributed by atoms with Gasteiger partial charge in [0.25, 0.3) is 0 Å². The average Bonchev–Trinajstić information content (AvgIpc) is 2.25. The Labute approximate surface area is 85.5 Å². The van der Waals surface area contributed by atoms with Crippen LogP contribution in [-0.4, -0.2) is 18.3 Å². The van der Waals surface area contributed by atoms with E-state index in [1.807, 2.05) is 25.1 Å². The first-order valence-electron chi connectivity index (χ1n) is 5.05. The molecule has 78 valence electrons. The summed E-state index contributed by atoms with van der Waals surface area (Å²) in [5, 5.41) is 8.80. The maximum atomic E-state index is 8.80. The zero-order valence-electron chi connectivity index (χ0n) is 8.65. The first-order chi connectivity index (χ1) is 6.83. The Bertz CT molecular complexity index is 233. The van der Waals surface area contributed by atoms with Crippen molar-refractivity contribution in [3.05, 3.63) is 35.9 Å². The molecular formula is C12H18O2. The molecule has 0 radical (unpaired) electrons. The summed E-state index contributed by atoms with van der Waals surface area (Å²) in [4.78, 5) is 0. The Kier molecular flexibility index (Phi) is 5.27. The van der Waals surface area contributed by atoms with Gasteiger partial charge in [-0.2, -0.15) is 0 Å². The van der Waals surface area contributed by atoms with E-state index >= 15 is 0 Å². The Balaban J connectivity index is 2.10. The molecule has 0 saturated carbocycles. The molecular weight excluding hydrogens is 176 g/mol. The van der Waals surface area contributed by atoms with E-state index in [1.165, 1.54) is 5.56 Å². The quantitative estimate of drug-likeness (QED) is 0.704. The van der Waals surface area contributed by atoms with E-state index < -0.39 is 0 Å². The minimum absolute atomic E-state index is 0.245. The molecule has 1 rings (SSSR count). The van der Waals surface area contributed by atoms with Gasteiger partial charge in [-0.25, -0.2) is 0 Å². The molecule has 2 nitrogen and oxygen atoms in total. The van der Waals surface area contributed by atoms with Gasteiger partial charge >= 0.3 is 0 Å². The third-order valence-electron chi connectivity index (χ3n) is 2.18. The second-order valence-corrected chi connectivity index (χ2v) is 3.61. The Morgan fingerprint density at radius 1 is 1.29 bits per heavy atom. The molecule has 1 aromatic rings. The van der Waals surface area contributed by atoms with Crippen molar-refractivity contribution in [2.75, 3.05) is 13.2 Å². The number of hydrogen-bond donors (Lipinski definition) is 1. The lowest BCUT2D eigenvalue weighted by Crippen LogP contribution is -2.05. The maximum absolute atomic E-state index is 8.80. The van der Waals surface area contributed by atoms with E-state index in [2.05, 4.69) is 12.1 Å². The normalized spacial score (nSPS) is 12.7. The third-order valence-corrected chi connectivity index (χ3v) is 2.18. The van der Waals surface area contributed by atoms with Crippen LogP contribution in [-0.2, 0) is 11.3 Å². The molecule has 0 fully saturated rings. The van der Waals surface area contributed by atoms with Gasteiger partial charge in [-0.1, -0.05) is 37.3 Å². The lowest BCUT2D eigenvalue weighted by molar-refractivity contribution is 0.0985. The van der Waals surface area contributed by atoms with E-state index in [4.69, 9.17) is 9.84 Å². The van der Waals surface area contributed by atoms with E-state index in [0.29, 0.717) is 12.5 Å². The average molecular weight is 194 g/mol. The molecule has 1 N–H and O–H groups in total. The first kappa shape index (κ1) is 11.2.